The highest BCUT2D eigenvalue weighted by molar-refractivity contribution is 5.14. The van der Waals surface area contributed by atoms with E-state index in [4.69, 9.17) is 4.74 Å². The van der Waals surface area contributed by atoms with Crippen LogP contribution in [0.2, 0.25) is 0 Å². The highest BCUT2D eigenvalue weighted by Gasteiger charge is 2.66. The first-order valence-corrected chi connectivity index (χ1v) is 4.15. The summed E-state index contributed by atoms with van der Waals surface area (Å²) in [6.45, 7) is 0.829. The SMILES string of the molecule is O[C@H]1[C@H]2CC[C@H](C2)C12CO2. The quantitative estimate of drug-likeness (QED) is 0.498. The van der Waals surface area contributed by atoms with E-state index in [0.717, 1.165) is 6.61 Å². The molecule has 0 aromatic carbocycles. The third-order valence-corrected chi connectivity index (χ3v) is 3.59. The molecule has 2 saturated carbocycles. The maximum absolute atomic E-state index is 9.68. The normalized spacial score (nSPS) is 63.9. The first-order chi connectivity index (χ1) is 4.83. The molecule has 4 atom stereocenters. The van der Waals surface area contributed by atoms with Crippen LogP contribution in [0.1, 0.15) is 19.3 Å². The van der Waals surface area contributed by atoms with Crippen molar-refractivity contribution in [1.82, 2.24) is 0 Å². The monoisotopic (exact) mass is 140 g/mol. The lowest BCUT2D eigenvalue weighted by Gasteiger charge is -2.23. The highest BCUT2D eigenvalue weighted by Crippen LogP contribution is 2.58. The molecule has 2 nitrogen and oxygen atoms in total. The lowest BCUT2D eigenvalue weighted by molar-refractivity contribution is 0.0320. The molecule has 0 radical (unpaired) electrons. The Balaban J connectivity index is 1.99. The van der Waals surface area contributed by atoms with Crippen molar-refractivity contribution in [2.75, 3.05) is 6.61 Å². The second-order valence-corrected chi connectivity index (χ2v) is 3.96. The van der Waals surface area contributed by atoms with Crippen LogP contribution in [0.15, 0.2) is 0 Å². The summed E-state index contributed by atoms with van der Waals surface area (Å²) in [6, 6.07) is 0. The lowest BCUT2D eigenvalue weighted by Crippen LogP contribution is -2.35. The molecule has 3 rings (SSSR count). The first-order valence-electron chi connectivity index (χ1n) is 4.15. The van der Waals surface area contributed by atoms with Gasteiger partial charge in [0, 0.05) is 0 Å². The van der Waals surface area contributed by atoms with Crippen LogP contribution in [0, 0.1) is 11.8 Å². The summed E-state index contributed by atoms with van der Waals surface area (Å²) in [5, 5.41) is 9.68. The first kappa shape index (κ1) is 5.56. The zero-order valence-electron chi connectivity index (χ0n) is 5.92. The minimum absolute atomic E-state index is 0.0249. The van der Waals surface area contributed by atoms with Crippen molar-refractivity contribution >= 4 is 0 Å². The van der Waals surface area contributed by atoms with Gasteiger partial charge in [0.25, 0.3) is 0 Å². The lowest BCUT2D eigenvalue weighted by atomic mass is 9.87. The summed E-state index contributed by atoms with van der Waals surface area (Å²) in [5.74, 6) is 1.28. The van der Waals surface area contributed by atoms with Gasteiger partial charge < -0.3 is 9.84 Å². The number of hydrogen-bond donors (Lipinski definition) is 1. The minimum Gasteiger partial charge on any atom is -0.390 e. The molecule has 1 heterocycles. The van der Waals surface area contributed by atoms with Crippen LogP contribution in [0.3, 0.4) is 0 Å². The number of aliphatic hydroxyl groups is 1. The van der Waals surface area contributed by atoms with Gasteiger partial charge in [-0.25, -0.2) is 0 Å². The van der Waals surface area contributed by atoms with E-state index in [0.29, 0.717) is 11.8 Å². The van der Waals surface area contributed by atoms with Crippen LogP contribution in [0.25, 0.3) is 0 Å². The largest absolute Gasteiger partial charge is 0.390 e. The number of aliphatic hydroxyl groups excluding tert-OH is 1. The van der Waals surface area contributed by atoms with Crippen molar-refractivity contribution in [3.8, 4) is 0 Å². The Morgan fingerprint density at radius 1 is 1.40 bits per heavy atom. The van der Waals surface area contributed by atoms with Gasteiger partial charge in [-0.15, -0.1) is 0 Å². The number of rotatable bonds is 0. The molecule has 0 amide bonds. The minimum atomic E-state index is -0.119. The van der Waals surface area contributed by atoms with Gasteiger partial charge in [-0.1, -0.05) is 0 Å². The summed E-state index contributed by atoms with van der Waals surface area (Å²) in [6.07, 6.45) is 3.63. The van der Waals surface area contributed by atoms with Crippen LogP contribution < -0.4 is 0 Å². The van der Waals surface area contributed by atoms with Crippen LogP contribution >= 0.6 is 0 Å². The Morgan fingerprint density at radius 3 is 2.60 bits per heavy atom. The van der Waals surface area contributed by atoms with E-state index >= 15 is 0 Å². The molecule has 1 spiro atoms. The number of hydrogen-bond acceptors (Lipinski definition) is 2. The van der Waals surface area contributed by atoms with Crippen LogP contribution in [-0.2, 0) is 4.74 Å². The Bertz CT molecular complexity index is 170. The van der Waals surface area contributed by atoms with Gasteiger partial charge in [0.1, 0.15) is 5.60 Å². The Morgan fingerprint density at radius 2 is 2.20 bits per heavy atom. The fourth-order valence-electron chi connectivity index (χ4n) is 2.88. The molecule has 2 bridgehead atoms. The Kier molecular flexibility index (Phi) is 0.783. The van der Waals surface area contributed by atoms with Gasteiger partial charge in [-0.2, -0.15) is 0 Å². The standard InChI is InChI=1S/C8H12O2/c9-7-5-1-2-6(3-5)8(7)4-10-8/h5-7,9H,1-4H2/t5-,6+,7-,8?/m0/s1. The molecular weight excluding hydrogens is 128 g/mol. The van der Waals surface area contributed by atoms with Crippen molar-refractivity contribution in [3.63, 3.8) is 0 Å². The Hall–Kier alpha value is -0.0800. The predicted molar refractivity (Wildman–Crippen MR) is 35.5 cm³/mol. The molecule has 3 fully saturated rings. The zero-order chi connectivity index (χ0) is 6.77. The maximum Gasteiger partial charge on any atom is 0.120 e. The molecule has 56 valence electrons. The van der Waals surface area contributed by atoms with E-state index in [1.165, 1.54) is 19.3 Å². The fourth-order valence-corrected chi connectivity index (χ4v) is 2.88. The molecule has 2 heteroatoms. The molecule has 1 unspecified atom stereocenters. The average Bonchev–Trinajstić information content (AvgIpc) is 2.51. The topological polar surface area (TPSA) is 32.8 Å². The fraction of sp³-hybridized carbons (Fsp3) is 1.00. The van der Waals surface area contributed by atoms with E-state index in [1.54, 1.807) is 0 Å². The van der Waals surface area contributed by atoms with E-state index in [2.05, 4.69) is 0 Å². The molecule has 0 aromatic rings. The summed E-state index contributed by atoms with van der Waals surface area (Å²) in [4.78, 5) is 0. The van der Waals surface area contributed by atoms with Gasteiger partial charge in [-0.05, 0) is 31.1 Å². The van der Waals surface area contributed by atoms with Crippen LogP contribution in [-0.4, -0.2) is 23.4 Å². The second-order valence-electron chi connectivity index (χ2n) is 3.96. The van der Waals surface area contributed by atoms with Gasteiger partial charge in [0.05, 0.1) is 12.7 Å². The molecule has 1 saturated heterocycles. The molecule has 1 N–H and O–H groups in total. The maximum atomic E-state index is 9.68. The molecular formula is C8H12O2. The van der Waals surface area contributed by atoms with Crippen LogP contribution in [0.5, 0.6) is 0 Å². The Labute approximate surface area is 60.2 Å². The molecule has 2 aliphatic carbocycles. The van der Waals surface area contributed by atoms with Gasteiger partial charge in [0.15, 0.2) is 0 Å². The summed E-state index contributed by atoms with van der Waals surface area (Å²) >= 11 is 0. The molecule has 0 aromatic heterocycles. The van der Waals surface area contributed by atoms with Crippen molar-refractivity contribution < 1.29 is 9.84 Å². The van der Waals surface area contributed by atoms with Gasteiger partial charge in [0.2, 0.25) is 0 Å². The summed E-state index contributed by atoms with van der Waals surface area (Å²) in [5.41, 5.74) is -0.0249. The molecule has 3 aliphatic rings. The van der Waals surface area contributed by atoms with Crippen molar-refractivity contribution in [3.05, 3.63) is 0 Å². The van der Waals surface area contributed by atoms with Crippen molar-refractivity contribution in [2.24, 2.45) is 11.8 Å². The summed E-state index contributed by atoms with van der Waals surface area (Å²) in [7, 11) is 0. The molecule has 1 aliphatic heterocycles. The van der Waals surface area contributed by atoms with Gasteiger partial charge in [-0.3, -0.25) is 0 Å². The molecule has 10 heavy (non-hydrogen) atoms. The number of fused-ring (bicyclic) bond motifs is 3. The van der Waals surface area contributed by atoms with E-state index in [9.17, 15) is 5.11 Å². The predicted octanol–water partition coefficient (Wildman–Crippen LogP) is 0.546. The third kappa shape index (κ3) is 0.424. The number of epoxide rings is 1. The zero-order valence-corrected chi connectivity index (χ0v) is 5.92. The van der Waals surface area contributed by atoms with E-state index in [-0.39, 0.29) is 11.7 Å². The van der Waals surface area contributed by atoms with Crippen molar-refractivity contribution in [2.45, 2.75) is 31.0 Å². The van der Waals surface area contributed by atoms with Gasteiger partial charge >= 0.3 is 0 Å². The summed E-state index contributed by atoms with van der Waals surface area (Å²) < 4.78 is 5.35. The van der Waals surface area contributed by atoms with E-state index in [1.807, 2.05) is 0 Å². The van der Waals surface area contributed by atoms with Crippen molar-refractivity contribution in [1.29, 1.82) is 0 Å². The van der Waals surface area contributed by atoms with E-state index < -0.39 is 0 Å². The third-order valence-electron chi connectivity index (χ3n) is 3.59. The average molecular weight is 140 g/mol. The smallest absolute Gasteiger partial charge is 0.120 e. The number of ether oxygens (including phenoxy) is 1. The highest BCUT2D eigenvalue weighted by atomic mass is 16.6. The second kappa shape index (κ2) is 1.41. The van der Waals surface area contributed by atoms with Crippen LogP contribution in [0.4, 0.5) is 0 Å².